The van der Waals surface area contributed by atoms with Gasteiger partial charge in [-0.15, -0.1) is 12.4 Å². The van der Waals surface area contributed by atoms with E-state index < -0.39 is 0 Å². The van der Waals surface area contributed by atoms with Gasteiger partial charge in [0, 0.05) is 25.0 Å². The highest BCUT2D eigenvalue weighted by atomic mass is 35.5. The second-order valence-corrected chi connectivity index (χ2v) is 5.45. The van der Waals surface area contributed by atoms with Gasteiger partial charge in [-0.05, 0) is 33.1 Å². The molecule has 0 aliphatic heterocycles. The quantitative estimate of drug-likeness (QED) is 0.624. The van der Waals surface area contributed by atoms with E-state index in [0.717, 1.165) is 32.2 Å². The SMILES string of the molecule is CCCCCN(C(=O)CCC(C)N)C(C)CCC.Cl. The highest BCUT2D eigenvalue weighted by molar-refractivity contribution is 5.85. The van der Waals surface area contributed by atoms with Gasteiger partial charge in [-0.1, -0.05) is 33.1 Å². The Hall–Kier alpha value is -0.280. The molecule has 2 unspecified atom stereocenters. The van der Waals surface area contributed by atoms with Crippen molar-refractivity contribution < 1.29 is 4.79 Å². The molecule has 4 heteroatoms. The first kappa shape index (κ1) is 21.0. The van der Waals surface area contributed by atoms with Crippen molar-refractivity contribution in [1.29, 1.82) is 0 Å². The van der Waals surface area contributed by atoms with Crippen LogP contribution in [0.3, 0.4) is 0 Å². The van der Waals surface area contributed by atoms with Gasteiger partial charge in [0.1, 0.15) is 0 Å². The molecule has 116 valence electrons. The van der Waals surface area contributed by atoms with E-state index in [9.17, 15) is 4.79 Å². The van der Waals surface area contributed by atoms with Crippen molar-refractivity contribution >= 4 is 18.3 Å². The Morgan fingerprint density at radius 1 is 1.11 bits per heavy atom. The third-order valence-electron chi connectivity index (χ3n) is 3.37. The molecule has 0 heterocycles. The summed E-state index contributed by atoms with van der Waals surface area (Å²) < 4.78 is 0. The van der Waals surface area contributed by atoms with Crippen LogP contribution in [0, 0.1) is 0 Å². The van der Waals surface area contributed by atoms with Crippen molar-refractivity contribution in [3.63, 3.8) is 0 Å². The fraction of sp³-hybridized carbons (Fsp3) is 0.933. The van der Waals surface area contributed by atoms with Crippen LogP contribution >= 0.6 is 12.4 Å². The Balaban J connectivity index is 0. The Labute approximate surface area is 125 Å². The molecular weight excluding hydrogens is 260 g/mol. The van der Waals surface area contributed by atoms with Crippen LogP contribution in [0.5, 0.6) is 0 Å². The zero-order valence-electron chi connectivity index (χ0n) is 13.2. The molecule has 0 fully saturated rings. The summed E-state index contributed by atoms with van der Waals surface area (Å²) in [6.45, 7) is 9.40. The summed E-state index contributed by atoms with van der Waals surface area (Å²) in [5.41, 5.74) is 5.73. The normalized spacial score (nSPS) is 13.5. The lowest BCUT2D eigenvalue weighted by Crippen LogP contribution is -2.39. The third-order valence-corrected chi connectivity index (χ3v) is 3.37. The Bertz CT molecular complexity index is 222. The molecule has 0 aliphatic carbocycles. The summed E-state index contributed by atoms with van der Waals surface area (Å²) >= 11 is 0. The summed E-state index contributed by atoms with van der Waals surface area (Å²) in [6.07, 6.45) is 7.14. The fourth-order valence-electron chi connectivity index (χ4n) is 2.19. The number of halogens is 1. The second kappa shape index (κ2) is 12.7. The number of hydrogen-bond acceptors (Lipinski definition) is 2. The number of rotatable bonds is 10. The number of nitrogens with two attached hydrogens (primary N) is 1. The average molecular weight is 293 g/mol. The number of amides is 1. The smallest absolute Gasteiger partial charge is 0.222 e. The maximum atomic E-state index is 12.2. The van der Waals surface area contributed by atoms with Crippen molar-refractivity contribution in [3.05, 3.63) is 0 Å². The lowest BCUT2D eigenvalue weighted by atomic mass is 10.1. The third kappa shape index (κ3) is 10.2. The first-order valence-corrected chi connectivity index (χ1v) is 7.57. The van der Waals surface area contributed by atoms with E-state index in [1.807, 2.05) is 6.92 Å². The number of nitrogens with zero attached hydrogens (tertiary/aromatic N) is 1. The summed E-state index contributed by atoms with van der Waals surface area (Å²) in [4.78, 5) is 14.3. The van der Waals surface area contributed by atoms with E-state index in [-0.39, 0.29) is 24.4 Å². The number of carbonyl (C=O) groups excluding carboxylic acids is 1. The molecule has 2 atom stereocenters. The van der Waals surface area contributed by atoms with Gasteiger partial charge in [0.15, 0.2) is 0 Å². The van der Waals surface area contributed by atoms with E-state index in [0.29, 0.717) is 12.5 Å². The lowest BCUT2D eigenvalue weighted by Gasteiger charge is -2.29. The molecule has 0 saturated carbocycles. The Morgan fingerprint density at radius 2 is 1.74 bits per heavy atom. The van der Waals surface area contributed by atoms with Crippen molar-refractivity contribution in [2.75, 3.05) is 6.54 Å². The molecule has 0 bridgehead atoms. The summed E-state index contributed by atoms with van der Waals surface area (Å²) in [5.74, 6) is 0.282. The number of unbranched alkanes of at least 4 members (excludes halogenated alkanes) is 2. The maximum absolute atomic E-state index is 12.2. The zero-order valence-corrected chi connectivity index (χ0v) is 14.0. The summed E-state index contributed by atoms with van der Waals surface area (Å²) in [5, 5.41) is 0. The van der Waals surface area contributed by atoms with Gasteiger partial charge in [0.05, 0.1) is 0 Å². The average Bonchev–Trinajstić information content (AvgIpc) is 2.32. The van der Waals surface area contributed by atoms with Crippen LogP contribution < -0.4 is 5.73 Å². The Morgan fingerprint density at radius 3 is 2.21 bits per heavy atom. The topological polar surface area (TPSA) is 46.3 Å². The highest BCUT2D eigenvalue weighted by Gasteiger charge is 2.18. The van der Waals surface area contributed by atoms with Crippen LogP contribution in [0.1, 0.15) is 72.6 Å². The van der Waals surface area contributed by atoms with Gasteiger partial charge in [-0.3, -0.25) is 4.79 Å². The zero-order chi connectivity index (χ0) is 14.0. The van der Waals surface area contributed by atoms with Gasteiger partial charge >= 0.3 is 0 Å². The molecule has 2 N–H and O–H groups in total. The van der Waals surface area contributed by atoms with E-state index in [1.165, 1.54) is 12.8 Å². The molecular formula is C15H33ClN2O. The fourth-order valence-corrected chi connectivity index (χ4v) is 2.19. The van der Waals surface area contributed by atoms with E-state index in [2.05, 4.69) is 25.7 Å². The first-order valence-electron chi connectivity index (χ1n) is 7.57. The molecule has 1 amide bonds. The largest absolute Gasteiger partial charge is 0.340 e. The van der Waals surface area contributed by atoms with Gasteiger partial charge in [0.25, 0.3) is 0 Å². The van der Waals surface area contributed by atoms with Crippen molar-refractivity contribution in [1.82, 2.24) is 4.90 Å². The first-order chi connectivity index (χ1) is 8.52. The summed E-state index contributed by atoms with van der Waals surface area (Å²) in [7, 11) is 0. The molecule has 0 aliphatic rings. The molecule has 0 aromatic heterocycles. The van der Waals surface area contributed by atoms with Crippen LogP contribution in [-0.4, -0.2) is 29.4 Å². The Kier molecular flexibility index (Phi) is 14.1. The monoisotopic (exact) mass is 292 g/mol. The van der Waals surface area contributed by atoms with Gasteiger partial charge in [-0.2, -0.15) is 0 Å². The molecule has 3 nitrogen and oxygen atoms in total. The van der Waals surface area contributed by atoms with Crippen molar-refractivity contribution in [2.45, 2.75) is 84.7 Å². The molecule has 0 rings (SSSR count). The minimum absolute atomic E-state index is 0. The van der Waals surface area contributed by atoms with Crippen LogP contribution in [-0.2, 0) is 4.79 Å². The van der Waals surface area contributed by atoms with E-state index >= 15 is 0 Å². The van der Waals surface area contributed by atoms with Gasteiger partial charge < -0.3 is 10.6 Å². The summed E-state index contributed by atoms with van der Waals surface area (Å²) in [6, 6.07) is 0.486. The molecule has 19 heavy (non-hydrogen) atoms. The molecule has 0 spiro atoms. The number of carbonyl (C=O) groups is 1. The molecule has 0 aromatic rings. The predicted molar refractivity (Wildman–Crippen MR) is 85.7 cm³/mol. The molecule has 0 saturated heterocycles. The van der Waals surface area contributed by atoms with Crippen LogP contribution in [0.15, 0.2) is 0 Å². The van der Waals surface area contributed by atoms with E-state index in [4.69, 9.17) is 5.73 Å². The molecule has 0 aromatic carbocycles. The molecule has 0 radical (unpaired) electrons. The second-order valence-electron chi connectivity index (χ2n) is 5.45. The van der Waals surface area contributed by atoms with E-state index in [1.54, 1.807) is 0 Å². The van der Waals surface area contributed by atoms with Crippen molar-refractivity contribution in [2.24, 2.45) is 5.73 Å². The minimum Gasteiger partial charge on any atom is -0.340 e. The lowest BCUT2D eigenvalue weighted by molar-refractivity contribution is -0.133. The van der Waals surface area contributed by atoms with Crippen LogP contribution in [0.4, 0.5) is 0 Å². The van der Waals surface area contributed by atoms with Gasteiger partial charge in [-0.25, -0.2) is 0 Å². The number of hydrogen-bond donors (Lipinski definition) is 1. The maximum Gasteiger partial charge on any atom is 0.222 e. The minimum atomic E-state index is 0. The van der Waals surface area contributed by atoms with Crippen molar-refractivity contribution in [3.8, 4) is 0 Å². The van der Waals surface area contributed by atoms with Crippen LogP contribution in [0.2, 0.25) is 0 Å². The van der Waals surface area contributed by atoms with Crippen LogP contribution in [0.25, 0.3) is 0 Å². The predicted octanol–water partition coefficient (Wildman–Crippen LogP) is 3.74. The standard InChI is InChI=1S/C15H32N2O.ClH/c1-5-7-8-12-17(14(4)9-6-2)15(18)11-10-13(3)16;/h13-14H,5-12,16H2,1-4H3;1H. The highest BCUT2D eigenvalue weighted by Crippen LogP contribution is 2.12. The van der Waals surface area contributed by atoms with Gasteiger partial charge in [0.2, 0.25) is 5.91 Å².